The summed E-state index contributed by atoms with van der Waals surface area (Å²) in [5, 5.41) is 2.27. The van der Waals surface area contributed by atoms with Crippen LogP contribution in [0.5, 0.6) is 0 Å². The van der Waals surface area contributed by atoms with Crippen LogP contribution in [0.2, 0.25) is 0 Å². The van der Waals surface area contributed by atoms with Crippen molar-refractivity contribution in [2.24, 2.45) is 0 Å². The van der Waals surface area contributed by atoms with E-state index < -0.39 is 11.3 Å². The number of fused-ring (bicyclic) bond motifs is 1. The first-order chi connectivity index (χ1) is 9.14. The van der Waals surface area contributed by atoms with Gasteiger partial charge in [-0.3, -0.25) is 19.7 Å². The molecule has 1 aromatic carbocycles. The predicted molar refractivity (Wildman–Crippen MR) is 69.0 cm³/mol. The number of rotatable bonds is 0. The van der Waals surface area contributed by atoms with Crippen LogP contribution in [0.4, 0.5) is 5.69 Å². The zero-order chi connectivity index (χ0) is 13.2. The Morgan fingerprint density at radius 2 is 2.11 bits per heavy atom. The van der Waals surface area contributed by atoms with Gasteiger partial charge in [0, 0.05) is 22.8 Å². The second kappa shape index (κ2) is 3.39. The summed E-state index contributed by atoms with van der Waals surface area (Å²) in [4.78, 5) is 39.1. The third kappa shape index (κ3) is 1.15. The summed E-state index contributed by atoms with van der Waals surface area (Å²) in [7, 11) is 0. The van der Waals surface area contributed by atoms with Gasteiger partial charge in [-0.05, 0) is 6.07 Å². The second-order valence-electron chi connectivity index (χ2n) is 4.92. The van der Waals surface area contributed by atoms with Crippen molar-refractivity contribution in [3.05, 3.63) is 23.8 Å². The van der Waals surface area contributed by atoms with E-state index in [4.69, 9.17) is 0 Å². The number of benzene rings is 1. The fraction of sp³-hybridized carbons (Fsp3) is 0.308. The number of para-hydroxylation sites is 1. The van der Waals surface area contributed by atoms with Crippen LogP contribution < -0.4 is 10.2 Å². The monoisotopic (exact) mass is 274 g/mol. The van der Waals surface area contributed by atoms with E-state index in [1.54, 1.807) is 22.7 Å². The topological polar surface area (TPSA) is 66.5 Å². The van der Waals surface area contributed by atoms with Gasteiger partial charge < -0.3 is 4.90 Å². The number of nitrogens with one attached hydrogen (secondary N) is 1. The largest absolute Gasteiger partial charge is 0.309 e. The molecule has 1 fully saturated rings. The summed E-state index contributed by atoms with van der Waals surface area (Å²) in [6.45, 7) is 0.594. The van der Waals surface area contributed by atoms with E-state index >= 15 is 0 Å². The number of hydrogen-bond donors (Lipinski definition) is 1. The summed E-state index contributed by atoms with van der Waals surface area (Å²) in [5.74, 6) is -0.286. The lowest BCUT2D eigenvalue weighted by Gasteiger charge is -2.25. The fourth-order valence-electron chi connectivity index (χ4n) is 3.16. The molecule has 1 atom stereocenters. The molecule has 4 rings (SSSR count). The molecule has 1 aromatic rings. The van der Waals surface area contributed by atoms with Crippen LogP contribution in [0.25, 0.3) is 0 Å². The molecular formula is C13H10N2O3S. The van der Waals surface area contributed by atoms with Crippen LogP contribution in [0, 0.1) is 0 Å². The number of carbonyl (C=O) groups excluding carboxylic acids is 3. The van der Waals surface area contributed by atoms with E-state index in [-0.39, 0.29) is 18.2 Å². The van der Waals surface area contributed by atoms with Gasteiger partial charge in [-0.15, -0.1) is 11.8 Å². The Morgan fingerprint density at radius 3 is 2.84 bits per heavy atom. The molecule has 3 aliphatic rings. The maximum Gasteiger partial charge on any atom is 0.247 e. The minimum absolute atomic E-state index is 0.0672. The Labute approximate surface area is 113 Å². The van der Waals surface area contributed by atoms with Gasteiger partial charge >= 0.3 is 0 Å². The first-order valence-corrected chi connectivity index (χ1v) is 7.06. The van der Waals surface area contributed by atoms with E-state index in [9.17, 15) is 14.4 Å². The lowest BCUT2D eigenvalue weighted by Crippen LogP contribution is -2.46. The van der Waals surface area contributed by atoms with Gasteiger partial charge in [-0.25, -0.2) is 0 Å². The molecule has 1 unspecified atom stereocenters. The number of hydrogen-bond acceptors (Lipinski definition) is 4. The van der Waals surface area contributed by atoms with E-state index in [0.717, 1.165) is 16.3 Å². The summed E-state index contributed by atoms with van der Waals surface area (Å²) in [6.07, 6.45) is -0.0672. The van der Waals surface area contributed by atoms with Crippen molar-refractivity contribution in [3.8, 4) is 0 Å². The van der Waals surface area contributed by atoms with Gasteiger partial charge in [0.15, 0.2) is 5.41 Å². The smallest absolute Gasteiger partial charge is 0.247 e. The number of imide groups is 1. The van der Waals surface area contributed by atoms with Crippen molar-refractivity contribution in [2.75, 3.05) is 17.2 Å². The summed E-state index contributed by atoms with van der Waals surface area (Å²) < 4.78 is 0. The van der Waals surface area contributed by atoms with Gasteiger partial charge in [0.05, 0.1) is 12.1 Å². The van der Waals surface area contributed by atoms with Crippen molar-refractivity contribution >= 4 is 35.2 Å². The fourth-order valence-corrected chi connectivity index (χ4v) is 4.18. The van der Waals surface area contributed by atoms with Crippen molar-refractivity contribution in [1.82, 2.24) is 5.32 Å². The first-order valence-electron chi connectivity index (χ1n) is 6.07. The third-order valence-electron chi connectivity index (χ3n) is 3.98. The molecule has 3 aliphatic heterocycles. The van der Waals surface area contributed by atoms with E-state index in [1.807, 2.05) is 12.1 Å². The Balaban J connectivity index is 2.03. The molecule has 1 spiro atoms. The molecule has 3 heterocycles. The molecule has 3 amide bonds. The molecule has 0 saturated carbocycles. The number of amides is 3. The highest BCUT2D eigenvalue weighted by Gasteiger charge is 2.61. The average molecular weight is 274 g/mol. The van der Waals surface area contributed by atoms with Gasteiger partial charge in [0.25, 0.3) is 0 Å². The lowest BCUT2D eigenvalue weighted by molar-refractivity contribution is -0.133. The zero-order valence-corrected chi connectivity index (χ0v) is 10.8. The van der Waals surface area contributed by atoms with E-state index in [1.165, 1.54) is 0 Å². The van der Waals surface area contributed by atoms with Crippen LogP contribution in [0.3, 0.4) is 0 Å². The van der Waals surface area contributed by atoms with Crippen molar-refractivity contribution in [1.29, 1.82) is 0 Å². The summed E-state index contributed by atoms with van der Waals surface area (Å²) >= 11 is 1.68. The van der Waals surface area contributed by atoms with Crippen molar-refractivity contribution < 1.29 is 14.4 Å². The highest BCUT2D eigenvalue weighted by molar-refractivity contribution is 7.99. The third-order valence-corrected chi connectivity index (χ3v) is 5.00. The van der Waals surface area contributed by atoms with Gasteiger partial charge in [-0.1, -0.05) is 12.1 Å². The standard InChI is InChI=1S/C13H10N2O3S/c16-9-6-13(11(17)14-9)7-2-1-3-8-10(7)15(12(13)18)4-5-19-8/h1-3H,4-6H2,(H,14,16,17). The van der Waals surface area contributed by atoms with E-state index in [0.29, 0.717) is 12.1 Å². The molecule has 19 heavy (non-hydrogen) atoms. The molecular weight excluding hydrogens is 264 g/mol. The minimum atomic E-state index is -1.31. The molecule has 0 aliphatic carbocycles. The lowest BCUT2D eigenvalue weighted by atomic mass is 9.80. The van der Waals surface area contributed by atoms with Crippen molar-refractivity contribution in [2.45, 2.75) is 16.7 Å². The zero-order valence-electron chi connectivity index (χ0n) is 9.93. The normalized spacial score (nSPS) is 28.0. The molecule has 0 aromatic heterocycles. The van der Waals surface area contributed by atoms with Crippen LogP contribution >= 0.6 is 11.8 Å². The SMILES string of the molecule is O=C1CC2(C(=O)N1)C(=O)N1CCSc3cccc2c31. The average Bonchev–Trinajstić information content (AvgIpc) is 2.83. The molecule has 0 radical (unpaired) electrons. The van der Waals surface area contributed by atoms with Gasteiger partial charge in [-0.2, -0.15) is 0 Å². The van der Waals surface area contributed by atoms with Gasteiger partial charge in [0.1, 0.15) is 0 Å². The Hall–Kier alpha value is -1.82. The van der Waals surface area contributed by atoms with Gasteiger partial charge in [0.2, 0.25) is 17.7 Å². The second-order valence-corrected chi connectivity index (χ2v) is 6.05. The molecule has 6 heteroatoms. The van der Waals surface area contributed by atoms with Crippen LogP contribution in [0.15, 0.2) is 23.1 Å². The molecule has 1 saturated heterocycles. The maximum absolute atomic E-state index is 12.7. The molecule has 96 valence electrons. The minimum Gasteiger partial charge on any atom is -0.309 e. The first kappa shape index (κ1) is 11.0. The number of anilines is 1. The van der Waals surface area contributed by atoms with Crippen molar-refractivity contribution in [3.63, 3.8) is 0 Å². The number of nitrogens with zero attached hydrogens (tertiary/aromatic N) is 1. The van der Waals surface area contributed by atoms with Crippen LogP contribution in [-0.4, -0.2) is 30.0 Å². The predicted octanol–water partition coefficient (Wildman–Crippen LogP) is 0.423. The highest BCUT2D eigenvalue weighted by Crippen LogP contribution is 2.51. The van der Waals surface area contributed by atoms with E-state index in [2.05, 4.69) is 5.32 Å². The highest BCUT2D eigenvalue weighted by atomic mass is 32.2. The maximum atomic E-state index is 12.7. The molecule has 5 nitrogen and oxygen atoms in total. The Bertz CT molecular complexity index is 657. The molecule has 0 bridgehead atoms. The number of carbonyl (C=O) groups is 3. The molecule has 1 N–H and O–H groups in total. The summed E-state index contributed by atoms with van der Waals surface area (Å²) in [6, 6.07) is 5.60. The number of thioether (sulfide) groups is 1. The summed E-state index contributed by atoms with van der Waals surface area (Å²) in [5.41, 5.74) is 0.201. The Morgan fingerprint density at radius 1 is 1.26 bits per heavy atom. The van der Waals surface area contributed by atoms with Crippen LogP contribution in [-0.2, 0) is 19.8 Å². The Kier molecular flexibility index (Phi) is 1.97. The quantitative estimate of drug-likeness (QED) is 0.550. The van der Waals surface area contributed by atoms with Crippen LogP contribution in [0.1, 0.15) is 12.0 Å².